The van der Waals surface area contributed by atoms with Crippen LogP contribution in [0.5, 0.6) is 11.5 Å². The summed E-state index contributed by atoms with van der Waals surface area (Å²) in [4.78, 5) is 18.0. The second-order valence-corrected chi connectivity index (χ2v) is 6.84. The van der Waals surface area contributed by atoms with Crippen molar-refractivity contribution in [1.82, 2.24) is 14.8 Å². The number of hydrogen-bond acceptors (Lipinski definition) is 6. The Kier molecular flexibility index (Phi) is 5.22. The summed E-state index contributed by atoms with van der Waals surface area (Å²) in [5.74, 6) is 1.20. The molecule has 0 spiro atoms. The van der Waals surface area contributed by atoms with Crippen molar-refractivity contribution in [2.24, 2.45) is 0 Å². The van der Waals surface area contributed by atoms with Crippen LogP contribution in [0.1, 0.15) is 17.8 Å². The van der Waals surface area contributed by atoms with Crippen LogP contribution >= 0.6 is 11.3 Å². The van der Waals surface area contributed by atoms with E-state index < -0.39 is 6.04 Å². The largest absolute Gasteiger partial charge is 0.497 e. The fraction of sp³-hybridized carbons (Fsp3) is 0.278. The maximum absolute atomic E-state index is 12.4. The molecule has 0 aliphatic heterocycles. The van der Waals surface area contributed by atoms with Crippen molar-refractivity contribution < 1.29 is 14.3 Å². The van der Waals surface area contributed by atoms with E-state index in [4.69, 9.17) is 9.47 Å². The second-order valence-electron chi connectivity index (χ2n) is 5.64. The molecule has 0 radical (unpaired) electrons. The Bertz CT molecular complexity index is 905. The van der Waals surface area contributed by atoms with Crippen LogP contribution in [0.4, 0.5) is 5.13 Å². The normalized spacial score (nSPS) is 11.8. The Balaban J connectivity index is 1.85. The third-order valence-corrected chi connectivity index (χ3v) is 4.88. The number of aromatic nitrogens is 3. The Morgan fingerprint density at radius 2 is 2.12 bits per heavy atom. The fourth-order valence-corrected chi connectivity index (χ4v) is 3.36. The Hall–Kier alpha value is -2.87. The summed E-state index contributed by atoms with van der Waals surface area (Å²) in [6.07, 6.45) is 3.40. The highest BCUT2D eigenvalue weighted by Crippen LogP contribution is 2.37. The summed E-state index contributed by atoms with van der Waals surface area (Å²) in [7, 11) is 3.21. The number of rotatable bonds is 6. The number of amides is 1. The number of benzene rings is 1. The lowest BCUT2D eigenvalue weighted by atomic mass is 10.1. The molecule has 1 N–H and O–H groups in total. The molecule has 26 heavy (non-hydrogen) atoms. The van der Waals surface area contributed by atoms with Gasteiger partial charge in [-0.1, -0.05) is 0 Å². The molecule has 0 fully saturated rings. The van der Waals surface area contributed by atoms with Gasteiger partial charge >= 0.3 is 0 Å². The van der Waals surface area contributed by atoms with Crippen LogP contribution in [0.15, 0.2) is 36.7 Å². The molecule has 0 bridgehead atoms. The SMILES string of the molecule is COc1ccc(-c2nc(NC(=O)C(C)n3cccn3)sc2C)c(OC)c1. The van der Waals surface area contributed by atoms with E-state index in [1.165, 1.54) is 11.3 Å². The molecule has 1 amide bonds. The Labute approximate surface area is 155 Å². The van der Waals surface area contributed by atoms with E-state index in [1.807, 2.05) is 25.1 Å². The van der Waals surface area contributed by atoms with Gasteiger partial charge in [-0.05, 0) is 32.0 Å². The first kappa shape index (κ1) is 17.9. The predicted molar refractivity (Wildman–Crippen MR) is 101 cm³/mol. The summed E-state index contributed by atoms with van der Waals surface area (Å²) in [6.45, 7) is 3.75. The summed E-state index contributed by atoms with van der Waals surface area (Å²) in [5.41, 5.74) is 1.62. The summed E-state index contributed by atoms with van der Waals surface area (Å²) < 4.78 is 12.3. The van der Waals surface area contributed by atoms with Gasteiger partial charge in [0.1, 0.15) is 17.5 Å². The molecule has 0 aliphatic carbocycles. The van der Waals surface area contributed by atoms with Gasteiger partial charge in [0.15, 0.2) is 5.13 Å². The number of methoxy groups -OCH3 is 2. The van der Waals surface area contributed by atoms with Crippen molar-refractivity contribution in [3.8, 4) is 22.8 Å². The number of anilines is 1. The molecule has 3 aromatic rings. The lowest BCUT2D eigenvalue weighted by molar-refractivity contribution is -0.119. The van der Waals surface area contributed by atoms with Crippen LogP contribution in [-0.4, -0.2) is 34.9 Å². The van der Waals surface area contributed by atoms with Crippen molar-refractivity contribution in [2.45, 2.75) is 19.9 Å². The van der Waals surface area contributed by atoms with Crippen LogP contribution in [-0.2, 0) is 4.79 Å². The second kappa shape index (κ2) is 7.57. The zero-order valence-corrected chi connectivity index (χ0v) is 15.8. The number of thiazole rings is 1. The maximum Gasteiger partial charge on any atom is 0.250 e. The third-order valence-electron chi connectivity index (χ3n) is 3.99. The highest BCUT2D eigenvalue weighted by atomic mass is 32.1. The van der Waals surface area contributed by atoms with Gasteiger partial charge in [-0.3, -0.25) is 9.48 Å². The summed E-state index contributed by atoms with van der Waals surface area (Å²) in [6, 6.07) is 6.93. The molecular formula is C18H20N4O3S. The van der Waals surface area contributed by atoms with Crippen molar-refractivity contribution in [3.05, 3.63) is 41.5 Å². The number of carbonyl (C=O) groups excluding carboxylic acids is 1. The lowest BCUT2D eigenvalue weighted by Crippen LogP contribution is -2.23. The number of nitrogens with one attached hydrogen (secondary N) is 1. The molecule has 0 aliphatic rings. The molecule has 1 atom stereocenters. The molecule has 8 heteroatoms. The lowest BCUT2D eigenvalue weighted by Gasteiger charge is -2.11. The highest BCUT2D eigenvalue weighted by molar-refractivity contribution is 7.16. The molecule has 136 valence electrons. The van der Waals surface area contributed by atoms with E-state index in [9.17, 15) is 4.79 Å². The minimum Gasteiger partial charge on any atom is -0.497 e. The number of ether oxygens (including phenoxy) is 2. The van der Waals surface area contributed by atoms with E-state index in [-0.39, 0.29) is 5.91 Å². The van der Waals surface area contributed by atoms with Crippen LogP contribution in [0.3, 0.4) is 0 Å². The van der Waals surface area contributed by atoms with Crippen molar-refractivity contribution >= 4 is 22.4 Å². The number of carbonyl (C=O) groups is 1. The van der Waals surface area contributed by atoms with Crippen molar-refractivity contribution in [3.63, 3.8) is 0 Å². The minimum absolute atomic E-state index is 0.171. The molecule has 0 saturated carbocycles. The average molecular weight is 372 g/mol. The quantitative estimate of drug-likeness (QED) is 0.716. The van der Waals surface area contributed by atoms with Gasteiger partial charge in [0.25, 0.3) is 5.91 Å². The number of hydrogen-bond donors (Lipinski definition) is 1. The molecule has 2 heterocycles. The van der Waals surface area contributed by atoms with Crippen molar-refractivity contribution in [1.29, 1.82) is 0 Å². The van der Waals surface area contributed by atoms with Crippen LogP contribution in [0, 0.1) is 6.92 Å². The topological polar surface area (TPSA) is 78.3 Å². The molecule has 7 nitrogen and oxygen atoms in total. The van der Waals surface area contributed by atoms with Gasteiger partial charge in [0.2, 0.25) is 0 Å². The van der Waals surface area contributed by atoms with Crippen LogP contribution in [0.2, 0.25) is 0 Å². The first-order valence-corrected chi connectivity index (χ1v) is 8.85. The predicted octanol–water partition coefficient (Wildman–Crippen LogP) is 3.53. The van der Waals surface area contributed by atoms with Gasteiger partial charge in [0.05, 0.1) is 19.9 Å². The van der Waals surface area contributed by atoms with Crippen molar-refractivity contribution in [2.75, 3.05) is 19.5 Å². The standard InChI is InChI=1S/C18H20N4O3S/c1-11(22-9-5-8-19-22)17(23)21-18-20-16(12(2)26-18)14-7-6-13(24-3)10-15(14)25-4/h5-11H,1-4H3,(H,20,21,23). The van der Waals surface area contributed by atoms with Gasteiger partial charge < -0.3 is 14.8 Å². The monoisotopic (exact) mass is 372 g/mol. The van der Waals surface area contributed by atoms with E-state index >= 15 is 0 Å². The summed E-state index contributed by atoms with van der Waals surface area (Å²) >= 11 is 1.42. The highest BCUT2D eigenvalue weighted by Gasteiger charge is 2.19. The smallest absolute Gasteiger partial charge is 0.250 e. The Morgan fingerprint density at radius 3 is 2.77 bits per heavy atom. The van der Waals surface area contributed by atoms with Gasteiger partial charge in [-0.2, -0.15) is 5.10 Å². The number of aryl methyl sites for hydroxylation is 1. The third kappa shape index (κ3) is 3.55. The zero-order chi connectivity index (χ0) is 18.7. The van der Waals surface area contributed by atoms with E-state index in [1.54, 1.807) is 44.3 Å². The zero-order valence-electron chi connectivity index (χ0n) is 15.0. The molecule has 3 rings (SSSR count). The molecule has 0 saturated heterocycles. The average Bonchev–Trinajstić information content (AvgIpc) is 3.30. The Morgan fingerprint density at radius 1 is 1.31 bits per heavy atom. The van der Waals surface area contributed by atoms with E-state index in [0.29, 0.717) is 16.6 Å². The van der Waals surface area contributed by atoms with Gasteiger partial charge in [-0.15, -0.1) is 11.3 Å². The molecule has 1 aromatic carbocycles. The first-order chi connectivity index (χ1) is 12.5. The molecule has 2 aromatic heterocycles. The van der Waals surface area contributed by atoms with Gasteiger partial charge in [0, 0.05) is 28.9 Å². The van der Waals surface area contributed by atoms with Crippen LogP contribution < -0.4 is 14.8 Å². The molecular weight excluding hydrogens is 352 g/mol. The fourth-order valence-electron chi connectivity index (χ4n) is 2.53. The maximum atomic E-state index is 12.4. The summed E-state index contributed by atoms with van der Waals surface area (Å²) in [5, 5.41) is 7.50. The van der Waals surface area contributed by atoms with E-state index in [0.717, 1.165) is 16.1 Å². The number of nitrogens with zero attached hydrogens (tertiary/aromatic N) is 3. The molecule has 1 unspecified atom stereocenters. The first-order valence-electron chi connectivity index (χ1n) is 8.03. The van der Waals surface area contributed by atoms with E-state index in [2.05, 4.69) is 15.4 Å². The minimum atomic E-state index is -0.423. The van der Waals surface area contributed by atoms with Crippen LogP contribution in [0.25, 0.3) is 11.3 Å². The van der Waals surface area contributed by atoms with Gasteiger partial charge in [-0.25, -0.2) is 4.98 Å².